The van der Waals surface area contributed by atoms with Crippen LogP contribution in [0.25, 0.3) is 11.4 Å². The third-order valence-corrected chi connectivity index (χ3v) is 5.18. The Morgan fingerprint density at radius 2 is 2.12 bits per heavy atom. The Kier molecular flexibility index (Phi) is 4.54. The highest BCUT2D eigenvalue weighted by atomic mass is 79.9. The number of halogens is 2. The number of hydrogen-bond donors (Lipinski definition) is 0. The van der Waals surface area contributed by atoms with Crippen LogP contribution in [0.3, 0.4) is 0 Å². The van der Waals surface area contributed by atoms with Crippen molar-refractivity contribution in [1.29, 1.82) is 0 Å². The smallest absolute Gasteiger partial charge is 0.232 e. The number of amides is 1. The van der Waals surface area contributed by atoms with Gasteiger partial charge in [0.2, 0.25) is 17.6 Å². The minimum atomic E-state index is -0.119. The van der Waals surface area contributed by atoms with Crippen LogP contribution in [0.2, 0.25) is 5.02 Å². The van der Waals surface area contributed by atoms with Gasteiger partial charge < -0.3 is 9.42 Å². The second-order valence-corrected chi connectivity index (χ2v) is 7.65. The van der Waals surface area contributed by atoms with E-state index in [2.05, 4.69) is 26.1 Å². The Labute approximate surface area is 164 Å². The SMILES string of the molecule is Cc1cc(Cl)ccc1N1CC(c2nc(-c3cccc(Br)c3)no2)CC1=O. The lowest BCUT2D eigenvalue weighted by Gasteiger charge is -2.18. The summed E-state index contributed by atoms with van der Waals surface area (Å²) in [6.07, 6.45) is 0.349. The van der Waals surface area contributed by atoms with E-state index in [1.165, 1.54) is 0 Å². The first-order valence-electron chi connectivity index (χ1n) is 8.17. The zero-order chi connectivity index (χ0) is 18.3. The zero-order valence-electron chi connectivity index (χ0n) is 13.9. The number of nitrogens with zero attached hydrogens (tertiary/aromatic N) is 3. The van der Waals surface area contributed by atoms with Gasteiger partial charge >= 0.3 is 0 Å². The maximum Gasteiger partial charge on any atom is 0.232 e. The molecular formula is C19H15BrClN3O2. The Balaban J connectivity index is 1.58. The first-order valence-corrected chi connectivity index (χ1v) is 9.34. The zero-order valence-corrected chi connectivity index (χ0v) is 16.3. The molecule has 1 aromatic heterocycles. The minimum absolute atomic E-state index is 0.0441. The van der Waals surface area contributed by atoms with Gasteiger partial charge in [-0.3, -0.25) is 4.79 Å². The molecule has 0 N–H and O–H groups in total. The van der Waals surface area contributed by atoms with E-state index in [0.29, 0.717) is 29.7 Å². The second-order valence-electron chi connectivity index (χ2n) is 6.30. The van der Waals surface area contributed by atoms with Crippen molar-refractivity contribution in [2.75, 3.05) is 11.4 Å². The monoisotopic (exact) mass is 431 g/mol. The van der Waals surface area contributed by atoms with E-state index in [-0.39, 0.29) is 11.8 Å². The summed E-state index contributed by atoms with van der Waals surface area (Å²) in [5.74, 6) is 0.936. The summed E-state index contributed by atoms with van der Waals surface area (Å²) in [6, 6.07) is 13.2. The summed E-state index contributed by atoms with van der Waals surface area (Å²) in [5.41, 5.74) is 2.70. The molecule has 7 heteroatoms. The maximum atomic E-state index is 12.5. The molecule has 2 aromatic carbocycles. The van der Waals surface area contributed by atoms with Crippen molar-refractivity contribution in [3.8, 4) is 11.4 Å². The Morgan fingerprint density at radius 1 is 1.27 bits per heavy atom. The van der Waals surface area contributed by atoms with Crippen LogP contribution in [-0.2, 0) is 4.79 Å². The van der Waals surface area contributed by atoms with Gasteiger partial charge in [0.25, 0.3) is 0 Å². The molecule has 2 heterocycles. The summed E-state index contributed by atoms with van der Waals surface area (Å²) in [4.78, 5) is 18.8. The molecule has 1 atom stereocenters. The number of hydrogen-bond acceptors (Lipinski definition) is 4. The standard InChI is InChI=1S/C19H15BrClN3O2/c1-11-7-15(21)5-6-16(11)24-10-13(9-17(24)25)19-22-18(23-26-19)12-3-2-4-14(20)8-12/h2-8,13H,9-10H2,1H3. The lowest BCUT2D eigenvalue weighted by molar-refractivity contribution is -0.117. The number of rotatable bonds is 3. The molecule has 1 saturated heterocycles. The molecular weight excluding hydrogens is 418 g/mol. The van der Waals surface area contributed by atoms with Crippen molar-refractivity contribution in [2.24, 2.45) is 0 Å². The van der Waals surface area contributed by atoms with E-state index in [9.17, 15) is 4.79 Å². The van der Waals surface area contributed by atoms with Crippen molar-refractivity contribution in [3.05, 3.63) is 63.4 Å². The third-order valence-electron chi connectivity index (χ3n) is 4.45. The highest BCUT2D eigenvalue weighted by molar-refractivity contribution is 9.10. The molecule has 1 aliphatic rings. The van der Waals surface area contributed by atoms with E-state index < -0.39 is 0 Å². The van der Waals surface area contributed by atoms with Crippen LogP contribution in [0, 0.1) is 6.92 Å². The number of anilines is 1. The van der Waals surface area contributed by atoms with E-state index >= 15 is 0 Å². The largest absolute Gasteiger partial charge is 0.339 e. The van der Waals surface area contributed by atoms with Gasteiger partial charge in [-0.05, 0) is 42.8 Å². The molecule has 1 amide bonds. The van der Waals surface area contributed by atoms with Crippen LogP contribution in [0.4, 0.5) is 5.69 Å². The fourth-order valence-electron chi connectivity index (χ4n) is 3.17. The second kappa shape index (κ2) is 6.85. The first kappa shape index (κ1) is 17.2. The van der Waals surface area contributed by atoms with Gasteiger partial charge in [0.15, 0.2) is 0 Å². The Hall–Kier alpha value is -2.18. The average molecular weight is 433 g/mol. The molecule has 3 aromatic rings. The Morgan fingerprint density at radius 3 is 2.88 bits per heavy atom. The molecule has 1 fully saturated rings. The van der Waals surface area contributed by atoms with Crippen molar-refractivity contribution >= 4 is 39.1 Å². The van der Waals surface area contributed by atoms with E-state index in [4.69, 9.17) is 16.1 Å². The van der Waals surface area contributed by atoms with Gasteiger partial charge in [-0.2, -0.15) is 4.98 Å². The quantitative estimate of drug-likeness (QED) is 0.585. The first-order chi connectivity index (χ1) is 12.5. The van der Waals surface area contributed by atoms with Gasteiger partial charge in [0.05, 0.1) is 5.92 Å². The number of benzene rings is 2. The van der Waals surface area contributed by atoms with Gasteiger partial charge in [-0.1, -0.05) is 44.8 Å². The van der Waals surface area contributed by atoms with Gasteiger partial charge in [-0.15, -0.1) is 0 Å². The van der Waals surface area contributed by atoms with Crippen molar-refractivity contribution in [2.45, 2.75) is 19.3 Å². The predicted octanol–water partition coefficient (Wildman–Crippen LogP) is 4.98. The van der Waals surface area contributed by atoms with Crippen LogP contribution in [0.5, 0.6) is 0 Å². The molecule has 0 bridgehead atoms. The number of aromatic nitrogens is 2. The molecule has 1 unspecified atom stereocenters. The third kappa shape index (κ3) is 3.27. The fraction of sp³-hybridized carbons (Fsp3) is 0.211. The maximum absolute atomic E-state index is 12.5. The highest BCUT2D eigenvalue weighted by Gasteiger charge is 2.35. The van der Waals surface area contributed by atoms with Crippen molar-refractivity contribution in [1.82, 2.24) is 10.1 Å². The number of aryl methyl sites for hydroxylation is 1. The average Bonchev–Trinajstić information content (AvgIpc) is 3.22. The summed E-state index contributed by atoms with van der Waals surface area (Å²) in [6.45, 7) is 2.46. The van der Waals surface area contributed by atoms with Gasteiger partial charge in [0, 0.05) is 33.7 Å². The van der Waals surface area contributed by atoms with Crippen molar-refractivity contribution in [3.63, 3.8) is 0 Å². The van der Waals surface area contributed by atoms with E-state index in [0.717, 1.165) is 21.3 Å². The minimum Gasteiger partial charge on any atom is -0.339 e. The van der Waals surface area contributed by atoms with Crippen LogP contribution < -0.4 is 4.90 Å². The molecule has 132 valence electrons. The van der Waals surface area contributed by atoms with Gasteiger partial charge in [-0.25, -0.2) is 0 Å². The molecule has 0 radical (unpaired) electrons. The summed E-state index contributed by atoms with van der Waals surface area (Å²) in [5, 5.41) is 4.73. The summed E-state index contributed by atoms with van der Waals surface area (Å²) in [7, 11) is 0. The van der Waals surface area contributed by atoms with Gasteiger partial charge in [0.1, 0.15) is 0 Å². The molecule has 1 aliphatic heterocycles. The lowest BCUT2D eigenvalue weighted by Crippen LogP contribution is -2.25. The van der Waals surface area contributed by atoms with E-state index in [1.807, 2.05) is 43.3 Å². The Bertz CT molecular complexity index is 988. The topological polar surface area (TPSA) is 59.2 Å². The van der Waals surface area contributed by atoms with Crippen molar-refractivity contribution < 1.29 is 9.32 Å². The number of carbonyl (C=O) groups excluding carboxylic acids is 1. The van der Waals surface area contributed by atoms with Crippen LogP contribution in [0.1, 0.15) is 23.8 Å². The van der Waals surface area contributed by atoms with Crippen LogP contribution in [0.15, 0.2) is 51.5 Å². The normalized spacial score (nSPS) is 17.1. The van der Waals surface area contributed by atoms with E-state index in [1.54, 1.807) is 11.0 Å². The molecule has 26 heavy (non-hydrogen) atoms. The number of carbonyl (C=O) groups is 1. The lowest BCUT2D eigenvalue weighted by atomic mass is 10.1. The van der Waals surface area contributed by atoms with Crippen LogP contribution in [-0.4, -0.2) is 22.6 Å². The van der Waals surface area contributed by atoms with Crippen LogP contribution >= 0.6 is 27.5 Å². The predicted molar refractivity (Wildman–Crippen MR) is 103 cm³/mol. The molecule has 4 rings (SSSR count). The fourth-order valence-corrected chi connectivity index (χ4v) is 3.80. The molecule has 0 aliphatic carbocycles. The molecule has 0 spiro atoms. The molecule has 0 saturated carbocycles. The highest BCUT2D eigenvalue weighted by Crippen LogP contribution is 2.34. The summed E-state index contributed by atoms with van der Waals surface area (Å²) >= 11 is 9.46. The summed E-state index contributed by atoms with van der Waals surface area (Å²) < 4.78 is 6.39. The molecule has 5 nitrogen and oxygen atoms in total.